The molecule has 7 heteroatoms. The summed E-state index contributed by atoms with van der Waals surface area (Å²) in [5.41, 5.74) is 2.99. The van der Waals surface area contributed by atoms with Crippen LogP contribution in [0.15, 0.2) is 83.8 Å². The first-order valence-electron chi connectivity index (χ1n) is 12.4. The largest absolute Gasteiger partial charge is 0.303 e. The number of nitrogens with zero attached hydrogens (tertiary/aromatic N) is 2. The number of hydrogen-bond donors (Lipinski definition) is 0. The predicted octanol–water partition coefficient (Wildman–Crippen LogP) is 6.23. The van der Waals surface area contributed by atoms with Gasteiger partial charge in [0, 0.05) is 13.6 Å². The van der Waals surface area contributed by atoms with Gasteiger partial charge in [0.05, 0.1) is 4.90 Å². The SMILES string of the molecule is Cc1cc(C(CCN2CCC(c3ccccc3)CC2)CN(C)S(=O)(=O)c2ccccc2)ccc1F.Cl. The van der Waals surface area contributed by atoms with Gasteiger partial charge in [0.25, 0.3) is 0 Å². The average molecular weight is 531 g/mol. The molecule has 3 aromatic carbocycles. The van der Waals surface area contributed by atoms with Crippen molar-refractivity contribution in [3.63, 3.8) is 0 Å². The number of halogens is 2. The first-order valence-corrected chi connectivity index (χ1v) is 13.8. The van der Waals surface area contributed by atoms with Gasteiger partial charge in [0.15, 0.2) is 0 Å². The van der Waals surface area contributed by atoms with Crippen LogP contribution in [0.2, 0.25) is 0 Å². The van der Waals surface area contributed by atoms with E-state index in [1.807, 2.05) is 12.1 Å². The zero-order valence-corrected chi connectivity index (χ0v) is 22.6. The Morgan fingerprint density at radius 2 is 1.58 bits per heavy atom. The van der Waals surface area contributed by atoms with Crippen molar-refractivity contribution in [3.05, 3.63) is 101 Å². The second kappa shape index (κ2) is 12.8. The van der Waals surface area contributed by atoms with Crippen molar-refractivity contribution in [2.45, 2.75) is 42.9 Å². The average Bonchev–Trinajstić information content (AvgIpc) is 2.89. The van der Waals surface area contributed by atoms with Crippen molar-refractivity contribution in [2.24, 2.45) is 0 Å². The van der Waals surface area contributed by atoms with Crippen LogP contribution in [0.4, 0.5) is 4.39 Å². The van der Waals surface area contributed by atoms with Crippen LogP contribution < -0.4 is 0 Å². The molecule has 1 unspecified atom stereocenters. The first-order chi connectivity index (χ1) is 16.8. The number of piperidine rings is 1. The third-order valence-corrected chi connectivity index (χ3v) is 9.07. The molecule has 1 heterocycles. The molecule has 0 aliphatic carbocycles. The number of hydrogen-bond acceptors (Lipinski definition) is 3. The molecule has 0 N–H and O–H groups in total. The van der Waals surface area contributed by atoms with E-state index >= 15 is 0 Å². The second-order valence-corrected chi connectivity index (χ2v) is 11.7. The van der Waals surface area contributed by atoms with Crippen molar-refractivity contribution in [2.75, 3.05) is 33.2 Å². The molecule has 0 spiro atoms. The molecule has 194 valence electrons. The molecule has 1 fully saturated rings. The minimum absolute atomic E-state index is 0. The summed E-state index contributed by atoms with van der Waals surface area (Å²) in [5.74, 6) is 0.343. The Bertz CT molecular complexity index is 1200. The fourth-order valence-electron chi connectivity index (χ4n) is 5.02. The van der Waals surface area contributed by atoms with Crippen molar-refractivity contribution in [1.82, 2.24) is 9.21 Å². The van der Waals surface area contributed by atoms with Crippen LogP contribution in [-0.2, 0) is 10.0 Å². The number of likely N-dealkylation sites (N-methyl/N-ethyl adjacent to an activating group) is 1. The Kier molecular flexibility index (Phi) is 10.1. The zero-order valence-electron chi connectivity index (χ0n) is 21.0. The van der Waals surface area contributed by atoms with E-state index in [9.17, 15) is 12.8 Å². The minimum atomic E-state index is -3.60. The van der Waals surface area contributed by atoms with Gasteiger partial charge in [-0.1, -0.05) is 60.7 Å². The fourth-order valence-corrected chi connectivity index (χ4v) is 6.26. The van der Waals surface area contributed by atoms with Gasteiger partial charge in [-0.15, -0.1) is 12.4 Å². The number of aryl methyl sites for hydroxylation is 1. The zero-order chi connectivity index (χ0) is 24.8. The molecule has 1 aliphatic rings. The number of likely N-dealkylation sites (tertiary alicyclic amines) is 1. The van der Waals surface area contributed by atoms with Crippen molar-refractivity contribution >= 4 is 22.4 Å². The Morgan fingerprint density at radius 1 is 0.972 bits per heavy atom. The summed E-state index contributed by atoms with van der Waals surface area (Å²) < 4.78 is 41.7. The monoisotopic (exact) mass is 530 g/mol. The molecule has 1 atom stereocenters. The van der Waals surface area contributed by atoms with Crippen LogP contribution in [0.3, 0.4) is 0 Å². The number of benzene rings is 3. The van der Waals surface area contributed by atoms with Gasteiger partial charge in [-0.25, -0.2) is 17.1 Å². The van der Waals surface area contributed by atoms with Gasteiger partial charge in [-0.3, -0.25) is 0 Å². The van der Waals surface area contributed by atoms with Gasteiger partial charge in [-0.2, -0.15) is 0 Å². The molecule has 0 radical (unpaired) electrons. The molecule has 0 amide bonds. The van der Waals surface area contributed by atoms with Crippen molar-refractivity contribution in [1.29, 1.82) is 0 Å². The maximum Gasteiger partial charge on any atom is 0.242 e. The molecule has 0 saturated carbocycles. The Morgan fingerprint density at radius 3 is 2.19 bits per heavy atom. The normalized spacial score (nSPS) is 16.0. The second-order valence-electron chi connectivity index (χ2n) is 9.62. The predicted molar refractivity (Wildman–Crippen MR) is 147 cm³/mol. The third-order valence-electron chi connectivity index (χ3n) is 7.23. The molecule has 4 nitrogen and oxygen atoms in total. The Hall–Kier alpha value is -2.25. The van der Waals surface area contributed by atoms with Crippen LogP contribution in [0, 0.1) is 12.7 Å². The third kappa shape index (κ3) is 6.94. The molecular weight excluding hydrogens is 495 g/mol. The number of sulfonamides is 1. The lowest BCUT2D eigenvalue weighted by molar-refractivity contribution is 0.203. The highest BCUT2D eigenvalue weighted by atomic mass is 35.5. The molecule has 1 aliphatic heterocycles. The van der Waals surface area contributed by atoms with Crippen molar-refractivity contribution in [3.8, 4) is 0 Å². The lowest BCUT2D eigenvalue weighted by Gasteiger charge is -2.33. The molecule has 36 heavy (non-hydrogen) atoms. The fraction of sp³-hybridized carbons (Fsp3) is 0.379. The topological polar surface area (TPSA) is 40.6 Å². The van der Waals surface area contributed by atoms with Gasteiger partial charge in [-0.05, 0) is 92.5 Å². The summed E-state index contributed by atoms with van der Waals surface area (Å²) in [5, 5.41) is 0. The van der Waals surface area contributed by atoms with E-state index in [-0.39, 0.29) is 24.1 Å². The van der Waals surface area contributed by atoms with E-state index in [1.54, 1.807) is 44.3 Å². The van der Waals surface area contributed by atoms with E-state index in [2.05, 4.69) is 35.2 Å². The van der Waals surface area contributed by atoms with Crippen LogP contribution in [0.25, 0.3) is 0 Å². The summed E-state index contributed by atoms with van der Waals surface area (Å²) >= 11 is 0. The van der Waals surface area contributed by atoms with Gasteiger partial charge < -0.3 is 4.90 Å². The Balaban J connectivity index is 0.00000361. The van der Waals surface area contributed by atoms with E-state index in [0.29, 0.717) is 22.9 Å². The summed E-state index contributed by atoms with van der Waals surface area (Å²) in [6, 6.07) is 24.4. The highest BCUT2D eigenvalue weighted by Crippen LogP contribution is 2.30. The number of rotatable bonds is 9. The molecule has 3 aromatic rings. The lowest BCUT2D eigenvalue weighted by Crippen LogP contribution is -2.36. The summed E-state index contributed by atoms with van der Waals surface area (Å²) in [6.07, 6.45) is 3.08. The smallest absolute Gasteiger partial charge is 0.242 e. The molecule has 0 bridgehead atoms. The summed E-state index contributed by atoms with van der Waals surface area (Å²) in [6.45, 7) is 5.07. The van der Waals surface area contributed by atoms with Crippen LogP contribution >= 0.6 is 12.4 Å². The van der Waals surface area contributed by atoms with Crippen molar-refractivity contribution < 1.29 is 12.8 Å². The van der Waals surface area contributed by atoms with E-state index in [0.717, 1.165) is 44.5 Å². The molecule has 0 aromatic heterocycles. The molecule has 1 saturated heterocycles. The molecule has 4 rings (SSSR count). The quantitative estimate of drug-likeness (QED) is 0.329. The van der Waals surface area contributed by atoms with Gasteiger partial charge >= 0.3 is 0 Å². The maximum absolute atomic E-state index is 14.0. The standard InChI is InChI=1S/C29H35FN2O2S.ClH/c1-23-21-26(13-14-29(23)30)27(22-31(2)35(33,34)28-11-7-4-8-12-28)17-20-32-18-15-25(16-19-32)24-9-5-3-6-10-24;/h3-14,21,25,27H,15-20,22H2,1-2H3;1H. The van der Waals surface area contributed by atoms with Crippen LogP contribution in [0.1, 0.15) is 47.8 Å². The summed E-state index contributed by atoms with van der Waals surface area (Å²) in [7, 11) is -1.96. The summed E-state index contributed by atoms with van der Waals surface area (Å²) in [4.78, 5) is 2.77. The van der Waals surface area contributed by atoms with Gasteiger partial charge in [0.1, 0.15) is 5.82 Å². The van der Waals surface area contributed by atoms with E-state index < -0.39 is 10.0 Å². The molecular formula is C29H36ClFN2O2S. The van der Waals surface area contributed by atoms with E-state index in [1.165, 1.54) is 15.9 Å². The Labute approximate surface area is 221 Å². The van der Waals surface area contributed by atoms with Crippen LogP contribution in [-0.4, -0.2) is 50.8 Å². The highest BCUT2D eigenvalue weighted by Gasteiger charge is 2.26. The van der Waals surface area contributed by atoms with Crippen LogP contribution in [0.5, 0.6) is 0 Å². The minimum Gasteiger partial charge on any atom is -0.303 e. The van der Waals surface area contributed by atoms with Gasteiger partial charge in [0.2, 0.25) is 10.0 Å². The highest BCUT2D eigenvalue weighted by molar-refractivity contribution is 7.89. The maximum atomic E-state index is 14.0. The lowest BCUT2D eigenvalue weighted by atomic mass is 9.89. The van der Waals surface area contributed by atoms with E-state index in [4.69, 9.17) is 0 Å². The first kappa shape index (κ1) is 28.3.